The van der Waals surface area contributed by atoms with Crippen molar-refractivity contribution >= 4 is 22.7 Å². The number of para-hydroxylation sites is 1. The van der Waals surface area contributed by atoms with E-state index in [1.54, 1.807) is 12.1 Å². The number of hydrogen-bond donors (Lipinski definition) is 2. The van der Waals surface area contributed by atoms with Crippen LogP contribution in [-0.2, 0) is 4.79 Å². The molecule has 1 heterocycles. The largest absolute Gasteiger partial charge is 0.368 e. The lowest BCUT2D eigenvalue weighted by atomic mass is 10.1. The molecule has 0 unspecified atom stereocenters. The Hall–Kier alpha value is -2.94. The van der Waals surface area contributed by atoms with Crippen LogP contribution in [0.15, 0.2) is 36.4 Å². The van der Waals surface area contributed by atoms with Crippen molar-refractivity contribution in [3.05, 3.63) is 42.1 Å². The Morgan fingerprint density at radius 3 is 2.77 bits per heavy atom. The summed E-state index contributed by atoms with van der Waals surface area (Å²) < 4.78 is 0. The molecule has 0 bridgehead atoms. The Kier molecular flexibility index (Phi) is 5.04. The fourth-order valence-corrected chi connectivity index (χ4v) is 2.10. The second kappa shape index (κ2) is 7.18. The number of amides is 2. The van der Waals surface area contributed by atoms with Gasteiger partial charge in [-0.25, -0.2) is 4.98 Å². The highest BCUT2D eigenvalue weighted by atomic mass is 16.2. The van der Waals surface area contributed by atoms with Crippen LogP contribution in [0.3, 0.4) is 0 Å². The van der Waals surface area contributed by atoms with Crippen molar-refractivity contribution in [1.29, 1.82) is 5.26 Å². The zero-order valence-electron chi connectivity index (χ0n) is 12.0. The van der Waals surface area contributed by atoms with E-state index in [9.17, 15) is 9.59 Å². The number of carbonyl (C=O) groups excluding carboxylic acids is 2. The highest BCUT2D eigenvalue weighted by molar-refractivity contribution is 5.97. The summed E-state index contributed by atoms with van der Waals surface area (Å²) in [5, 5.41) is 12.0. The SMILES string of the molecule is N#CCCC[C@H](NC(=O)c1ccc2ccccc2n1)C(N)=O. The maximum atomic E-state index is 12.2. The number of primary amides is 1. The molecule has 2 aromatic rings. The van der Waals surface area contributed by atoms with Crippen molar-refractivity contribution in [3.63, 3.8) is 0 Å². The van der Waals surface area contributed by atoms with Crippen LogP contribution in [0.25, 0.3) is 10.9 Å². The van der Waals surface area contributed by atoms with Gasteiger partial charge < -0.3 is 11.1 Å². The zero-order chi connectivity index (χ0) is 15.9. The number of nitrogens with zero attached hydrogens (tertiary/aromatic N) is 2. The Bertz CT molecular complexity index is 736. The Morgan fingerprint density at radius 1 is 1.27 bits per heavy atom. The number of pyridine rings is 1. The van der Waals surface area contributed by atoms with Crippen LogP contribution in [0.4, 0.5) is 0 Å². The van der Waals surface area contributed by atoms with Gasteiger partial charge in [0.25, 0.3) is 5.91 Å². The predicted molar refractivity (Wildman–Crippen MR) is 81.7 cm³/mol. The minimum absolute atomic E-state index is 0.227. The molecule has 1 atom stereocenters. The van der Waals surface area contributed by atoms with Crippen LogP contribution in [0.2, 0.25) is 0 Å². The summed E-state index contributed by atoms with van der Waals surface area (Å²) in [5.74, 6) is -1.07. The molecule has 0 saturated heterocycles. The first kappa shape index (κ1) is 15.4. The fraction of sp³-hybridized carbons (Fsp3) is 0.250. The van der Waals surface area contributed by atoms with Crippen molar-refractivity contribution < 1.29 is 9.59 Å². The van der Waals surface area contributed by atoms with E-state index in [1.807, 2.05) is 30.3 Å². The molecule has 1 aromatic heterocycles. The summed E-state index contributed by atoms with van der Waals surface area (Å²) in [5.41, 5.74) is 6.21. The zero-order valence-corrected chi connectivity index (χ0v) is 12.0. The van der Waals surface area contributed by atoms with E-state index >= 15 is 0 Å². The molecule has 1 aromatic carbocycles. The Labute approximate surface area is 127 Å². The third-order valence-corrected chi connectivity index (χ3v) is 3.26. The molecule has 22 heavy (non-hydrogen) atoms. The van der Waals surface area contributed by atoms with Gasteiger partial charge in [0.05, 0.1) is 11.6 Å². The summed E-state index contributed by atoms with van der Waals surface area (Å²) in [7, 11) is 0. The molecule has 6 nitrogen and oxygen atoms in total. The quantitative estimate of drug-likeness (QED) is 0.787. The monoisotopic (exact) mass is 296 g/mol. The fourth-order valence-electron chi connectivity index (χ4n) is 2.10. The van der Waals surface area contributed by atoms with Crippen LogP contribution in [-0.4, -0.2) is 22.8 Å². The smallest absolute Gasteiger partial charge is 0.270 e. The average molecular weight is 296 g/mol. The first-order chi connectivity index (χ1) is 10.6. The number of aromatic nitrogens is 1. The second-order valence-corrected chi connectivity index (χ2v) is 4.87. The normalized spacial score (nSPS) is 11.6. The molecule has 0 radical (unpaired) electrons. The molecule has 0 aliphatic rings. The van der Waals surface area contributed by atoms with Crippen molar-refractivity contribution in [2.75, 3.05) is 0 Å². The Balaban J connectivity index is 2.11. The molecule has 2 rings (SSSR count). The van der Waals surface area contributed by atoms with Crippen molar-refractivity contribution in [2.45, 2.75) is 25.3 Å². The number of hydrogen-bond acceptors (Lipinski definition) is 4. The molecule has 0 fully saturated rings. The van der Waals surface area contributed by atoms with E-state index in [4.69, 9.17) is 11.0 Å². The van der Waals surface area contributed by atoms with Crippen LogP contribution in [0.5, 0.6) is 0 Å². The summed E-state index contributed by atoms with van der Waals surface area (Å²) in [4.78, 5) is 27.8. The summed E-state index contributed by atoms with van der Waals surface area (Å²) in [6.07, 6.45) is 1.14. The summed E-state index contributed by atoms with van der Waals surface area (Å²) in [6, 6.07) is 12.0. The summed E-state index contributed by atoms with van der Waals surface area (Å²) >= 11 is 0. The minimum Gasteiger partial charge on any atom is -0.368 e. The van der Waals surface area contributed by atoms with Crippen LogP contribution >= 0.6 is 0 Å². The molecular formula is C16H16N4O2. The average Bonchev–Trinajstić information content (AvgIpc) is 2.53. The van der Waals surface area contributed by atoms with Gasteiger partial charge in [0.2, 0.25) is 5.91 Å². The number of nitrogens with two attached hydrogens (primary N) is 1. The lowest BCUT2D eigenvalue weighted by Gasteiger charge is -2.14. The van der Waals surface area contributed by atoms with Crippen molar-refractivity contribution in [1.82, 2.24) is 10.3 Å². The number of fused-ring (bicyclic) bond motifs is 1. The lowest BCUT2D eigenvalue weighted by Crippen LogP contribution is -2.44. The van der Waals surface area contributed by atoms with Gasteiger partial charge in [-0.1, -0.05) is 24.3 Å². The van der Waals surface area contributed by atoms with Crippen LogP contribution < -0.4 is 11.1 Å². The molecule has 0 aliphatic carbocycles. The van der Waals surface area contributed by atoms with E-state index in [-0.39, 0.29) is 5.69 Å². The first-order valence-electron chi connectivity index (χ1n) is 6.94. The Morgan fingerprint density at radius 2 is 2.05 bits per heavy atom. The van der Waals surface area contributed by atoms with Gasteiger partial charge in [-0.3, -0.25) is 9.59 Å². The highest BCUT2D eigenvalue weighted by Gasteiger charge is 2.19. The topological polar surface area (TPSA) is 109 Å². The third-order valence-electron chi connectivity index (χ3n) is 3.26. The number of nitriles is 1. The molecule has 3 N–H and O–H groups in total. The van der Waals surface area contributed by atoms with Crippen LogP contribution in [0.1, 0.15) is 29.8 Å². The molecule has 0 saturated carbocycles. The van der Waals surface area contributed by atoms with E-state index in [2.05, 4.69) is 10.3 Å². The predicted octanol–water partition coefficient (Wildman–Crippen LogP) is 1.51. The molecule has 0 spiro atoms. The molecule has 112 valence electrons. The van der Waals surface area contributed by atoms with E-state index in [1.165, 1.54) is 0 Å². The van der Waals surface area contributed by atoms with E-state index < -0.39 is 17.9 Å². The van der Waals surface area contributed by atoms with Crippen molar-refractivity contribution in [3.8, 4) is 6.07 Å². The van der Waals surface area contributed by atoms with Gasteiger partial charge >= 0.3 is 0 Å². The number of rotatable bonds is 6. The molecule has 6 heteroatoms. The molecule has 0 aliphatic heterocycles. The van der Waals surface area contributed by atoms with E-state index in [0.717, 1.165) is 5.39 Å². The first-order valence-corrected chi connectivity index (χ1v) is 6.94. The standard InChI is InChI=1S/C16H16N4O2/c17-10-4-3-7-13(15(18)21)20-16(22)14-9-8-11-5-1-2-6-12(11)19-14/h1-2,5-6,8-9,13H,3-4,7H2,(H2,18,21)(H,20,22)/t13-/m0/s1. The minimum atomic E-state index is -0.797. The van der Waals surface area contributed by atoms with Gasteiger partial charge in [-0.15, -0.1) is 0 Å². The van der Waals surface area contributed by atoms with Gasteiger partial charge in [0.15, 0.2) is 0 Å². The van der Waals surface area contributed by atoms with Crippen molar-refractivity contribution in [2.24, 2.45) is 5.73 Å². The molecule has 2 amide bonds. The summed E-state index contributed by atoms with van der Waals surface area (Å²) in [6.45, 7) is 0. The van der Waals surface area contributed by atoms with E-state index in [0.29, 0.717) is 24.8 Å². The van der Waals surface area contributed by atoms with Gasteiger partial charge in [-0.05, 0) is 25.0 Å². The third kappa shape index (κ3) is 3.79. The van der Waals surface area contributed by atoms with Gasteiger partial charge in [0, 0.05) is 11.8 Å². The number of unbranched alkanes of at least 4 members (excludes halogenated alkanes) is 1. The van der Waals surface area contributed by atoms with Gasteiger partial charge in [0.1, 0.15) is 11.7 Å². The highest BCUT2D eigenvalue weighted by Crippen LogP contribution is 2.12. The maximum absolute atomic E-state index is 12.2. The number of carbonyl (C=O) groups is 2. The molecular weight excluding hydrogens is 280 g/mol. The van der Waals surface area contributed by atoms with Crippen LogP contribution in [0, 0.1) is 11.3 Å². The van der Waals surface area contributed by atoms with Gasteiger partial charge in [-0.2, -0.15) is 5.26 Å². The maximum Gasteiger partial charge on any atom is 0.270 e. The number of nitrogens with one attached hydrogen (secondary N) is 1. The lowest BCUT2D eigenvalue weighted by molar-refractivity contribution is -0.120. The number of benzene rings is 1. The second-order valence-electron chi connectivity index (χ2n) is 4.87.